The van der Waals surface area contributed by atoms with E-state index in [-0.39, 0.29) is 0 Å². The zero-order valence-electron chi connectivity index (χ0n) is 9.67. The van der Waals surface area contributed by atoms with E-state index in [4.69, 9.17) is 10.8 Å². The zero-order chi connectivity index (χ0) is 12.3. The van der Waals surface area contributed by atoms with Crippen LogP contribution in [0.5, 0.6) is 0 Å². The second-order valence-corrected chi connectivity index (χ2v) is 4.33. The van der Waals surface area contributed by atoms with Crippen molar-refractivity contribution < 1.29 is 9.90 Å². The maximum Gasteiger partial charge on any atom is 0.320 e. The number of nitrogens with two attached hydrogens (primary N) is 1. The third kappa shape index (κ3) is 2.74. The number of rotatable bonds is 4. The van der Waals surface area contributed by atoms with E-state index in [1.165, 1.54) is 12.8 Å². The third-order valence-electron chi connectivity index (χ3n) is 3.03. The van der Waals surface area contributed by atoms with Crippen LogP contribution in [-0.4, -0.2) is 35.2 Å². The molecule has 0 radical (unpaired) electrons. The number of anilines is 1. The molecule has 2 heterocycles. The summed E-state index contributed by atoms with van der Waals surface area (Å²) in [5, 5.41) is 8.84. The lowest BCUT2D eigenvalue weighted by Gasteiger charge is -2.20. The highest BCUT2D eigenvalue weighted by Gasteiger charge is 2.20. The summed E-state index contributed by atoms with van der Waals surface area (Å²) in [7, 11) is 0. The van der Waals surface area contributed by atoms with Crippen molar-refractivity contribution in [1.82, 2.24) is 4.98 Å². The number of carboxylic acid groups (broad SMARTS) is 1. The van der Waals surface area contributed by atoms with Crippen molar-refractivity contribution in [2.75, 3.05) is 18.0 Å². The molecule has 1 fully saturated rings. The predicted molar refractivity (Wildman–Crippen MR) is 65.0 cm³/mol. The Hall–Kier alpha value is -1.62. The molecule has 1 aromatic heterocycles. The van der Waals surface area contributed by atoms with Crippen LogP contribution in [0, 0.1) is 0 Å². The average molecular weight is 235 g/mol. The Balaban J connectivity index is 2.18. The van der Waals surface area contributed by atoms with Gasteiger partial charge in [0.2, 0.25) is 0 Å². The van der Waals surface area contributed by atoms with Crippen LogP contribution in [-0.2, 0) is 11.2 Å². The summed E-state index contributed by atoms with van der Waals surface area (Å²) in [6, 6.07) is 2.87. The molecule has 0 amide bonds. The summed E-state index contributed by atoms with van der Waals surface area (Å²) in [5.74, 6) is -0.0806. The van der Waals surface area contributed by atoms with Crippen molar-refractivity contribution in [1.29, 1.82) is 0 Å². The molecule has 1 atom stereocenters. The van der Waals surface area contributed by atoms with Crippen molar-refractivity contribution in [3.8, 4) is 0 Å². The van der Waals surface area contributed by atoms with Crippen LogP contribution in [0.25, 0.3) is 0 Å². The second kappa shape index (κ2) is 5.14. The lowest BCUT2D eigenvalue weighted by molar-refractivity contribution is -0.138. The van der Waals surface area contributed by atoms with Crippen LogP contribution in [0.2, 0.25) is 0 Å². The standard InChI is InChI=1S/C12H17N3O2/c13-10(12(16)17)8-9-4-3-5-14-11(9)15-6-1-2-7-15/h3-5,10H,1-2,6-8,13H2,(H,16,17). The molecule has 2 rings (SSSR count). The van der Waals surface area contributed by atoms with E-state index in [2.05, 4.69) is 9.88 Å². The number of carbonyl (C=O) groups is 1. The summed E-state index contributed by atoms with van der Waals surface area (Å²) in [4.78, 5) is 17.3. The molecule has 0 bridgehead atoms. The summed E-state index contributed by atoms with van der Waals surface area (Å²) in [6.07, 6.45) is 4.40. The van der Waals surface area contributed by atoms with E-state index in [1.54, 1.807) is 6.20 Å². The van der Waals surface area contributed by atoms with Crippen LogP contribution in [0.1, 0.15) is 18.4 Å². The quantitative estimate of drug-likeness (QED) is 0.800. The summed E-state index contributed by atoms with van der Waals surface area (Å²) in [6.45, 7) is 1.98. The van der Waals surface area contributed by atoms with E-state index in [0.29, 0.717) is 6.42 Å². The monoisotopic (exact) mass is 235 g/mol. The maximum atomic E-state index is 10.8. The number of nitrogens with zero attached hydrogens (tertiary/aromatic N) is 2. The van der Waals surface area contributed by atoms with Gasteiger partial charge in [-0.05, 0) is 24.5 Å². The van der Waals surface area contributed by atoms with Gasteiger partial charge in [-0.2, -0.15) is 0 Å². The molecule has 5 nitrogen and oxygen atoms in total. The fourth-order valence-corrected chi connectivity index (χ4v) is 2.13. The normalized spacial score (nSPS) is 17.1. The van der Waals surface area contributed by atoms with Gasteiger partial charge in [0.05, 0.1) is 0 Å². The average Bonchev–Trinajstić information content (AvgIpc) is 2.83. The van der Waals surface area contributed by atoms with Crippen LogP contribution in [0.4, 0.5) is 5.82 Å². The Labute approximate surface area is 100 Å². The fraction of sp³-hybridized carbons (Fsp3) is 0.500. The number of pyridine rings is 1. The smallest absolute Gasteiger partial charge is 0.320 e. The molecule has 0 aromatic carbocycles. The number of aromatic nitrogens is 1. The molecule has 1 aliphatic heterocycles. The minimum Gasteiger partial charge on any atom is -0.480 e. The van der Waals surface area contributed by atoms with Gasteiger partial charge in [-0.25, -0.2) is 4.98 Å². The van der Waals surface area contributed by atoms with Crippen LogP contribution in [0.3, 0.4) is 0 Å². The first-order valence-electron chi connectivity index (χ1n) is 5.85. The number of carboxylic acids is 1. The lowest BCUT2D eigenvalue weighted by atomic mass is 10.1. The van der Waals surface area contributed by atoms with Crippen LogP contribution >= 0.6 is 0 Å². The fourth-order valence-electron chi connectivity index (χ4n) is 2.13. The molecule has 0 spiro atoms. The van der Waals surface area contributed by atoms with E-state index in [0.717, 1.165) is 24.5 Å². The van der Waals surface area contributed by atoms with Crippen molar-refractivity contribution in [3.63, 3.8) is 0 Å². The summed E-state index contributed by atoms with van der Waals surface area (Å²) < 4.78 is 0. The predicted octanol–water partition coefficient (Wildman–Crippen LogP) is 0.636. The molecule has 17 heavy (non-hydrogen) atoms. The number of aliphatic carboxylic acids is 1. The summed E-state index contributed by atoms with van der Waals surface area (Å²) >= 11 is 0. The van der Waals surface area contributed by atoms with Crippen LogP contribution in [0.15, 0.2) is 18.3 Å². The number of hydrogen-bond donors (Lipinski definition) is 2. The van der Waals surface area contributed by atoms with E-state index >= 15 is 0 Å². The highest BCUT2D eigenvalue weighted by molar-refractivity contribution is 5.74. The van der Waals surface area contributed by atoms with Crippen molar-refractivity contribution >= 4 is 11.8 Å². The van der Waals surface area contributed by atoms with Gasteiger partial charge in [0.15, 0.2) is 0 Å². The van der Waals surface area contributed by atoms with Gasteiger partial charge in [-0.3, -0.25) is 4.79 Å². The minimum atomic E-state index is -0.971. The third-order valence-corrected chi connectivity index (χ3v) is 3.03. The zero-order valence-corrected chi connectivity index (χ0v) is 9.67. The van der Waals surface area contributed by atoms with Crippen LogP contribution < -0.4 is 10.6 Å². The minimum absolute atomic E-state index is 0.328. The van der Waals surface area contributed by atoms with Crippen molar-refractivity contribution in [2.45, 2.75) is 25.3 Å². The Morgan fingerprint density at radius 3 is 2.88 bits per heavy atom. The molecular formula is C12H17N3O2. The van der Waals surface area contributed by atoms with Crippen molar-refractivity contribution in [3.05, 3.63) is 23.9 Å². The lowest BCUT2D eigenvalue weighted by Crippen LogP contribution is -2.33. The number of hydrogen-bond acceptors (Lipinski definition) is 4. The van der Waals surface area contributed by atoms with Gasteiger partial charge < -0.3 is 15.7 Å². The highest BCUT2D eigenvalue weighted by atomic mass is 16.4. The van der Waals surface area contributed by atoms with E-state index < -0.39 is 12.0 Å². The van der Waals surface area contributed by atoms with Gasteiger partial charge in [-0.1, -0.05) is 6.07 Å². The Kier molecular flexibility index (Phi) is 3.58. The molecule has 1 aliphatic rings. The SMILES string of the molecule is NC(Cc1cccnc1N1CCCC1)C(=O)O. The molecule has 3 N–H and O–H groups in total. The molecule has 5 heteroatoms. The first kappa shape index (κ1) is 11.9. The molecule has 92 valence electrons. The largest absolute Gasteiger partial charge is 0.480 e. The Morgan fingerprint density at radius 2 is 2.24 bits per heavy atom. The topological polar surface area (TPSA) is 79.5 Å². The highest BCUT2D eigenvalue weighted by Crippen LogP contribution is 2.22. The molecule has 1 aromatic rings. The van der Waals surface area contributed by atoms with Gasteiger partial charge >= 0.3 is 5.97 Å². The molecule has 0 aliphatic carbocycles. The molecule has 1 unspecified atom stereocenters. The van der Waals surface area contributed by atoms with Gasteiger partial charge in [-0.15, -0.1) is 0 Å². The first-order valence-corrected chi connectivity index (χ1v) is 5.85. The second-order valence-electron chi connectivity index (χ2n) is 4.33. The van der Waals surface area contributed by atoms with Gasteiger partial charge in [0, 0.05) is 25.7 Å². The van der Waals surface area contributed by atoms with Gasteiger partial charge in [0.25, 0.3) is 0 Å². The molecular weight excluding hydrogens is 218 g/mol. The summed E-state index contributed by atoms with van der Waals surface area (Å²) in [5.41, 5.74) is 6.49. The molecule has 1 saturated heterocycles. The molecule has 0 saturated carbocycles. The van der Waals surface area contributed by atoms with Gasteiger partial charge in [0.1, 0.15) is 11.9 Å². The Bertz CT molecular complexity index is 402. The first-order chi connectivity index (χ1) is 8.18. The Morgan fingerprint density at radius 1 is 1.53 bits per heavy atom. The van der Waals surface area contributed by atoms with E-state index in [1.807, 2.05) is 12.1 Å². The maximum absolute atomic E-state index is 10.8. The van der Waals surface area contributed by atoms with Crippen molar-refractivity contribution in [2.24, 2.45) is 5.73 Å². The van der Waals surface area contributed by atoms with E-state index in [9.17, 15) is 4.79 Å².